The molecule has 6 nitrogen and oxygen atoms in total. The van der Waals surface area contributed by atoms with E-state index in [1.807, 2.05) is 43.6 Å². The van der Waals surface area contributed by atoms with Crippen LogP contribution < -0.4 is 0 Å². The lowest BCUT2D eigenvalue weighted by Gasteiger charge is -1.99. The van der Waals surface area contributed by atoms with Crippen LogP contribution in [0.15, 0.2) is 24.8 Å². The molecule has 4 heterocycles. The molecule has 0 aliphatic rings. The van der Waals surface area contributed by atoms with Crippen LogP contribution in [0.5, 0.6) is 0 Å². The quantitative estimate of drug-likeness (QED) is 0.613. The molecule has 0 radical (unpaired) electrons. The summed E-state index contributed by atoms with van der Waals surface area (Å²) in [6.45, 7) is 2.14. The first-order valence-corrected chi connectivity index (χ1v) is 6.99. The second-order valence-corrected chi connectivity index (χ2v) is 5.30. The molecule has 0 spiro atoms. The molecule has 1 N–H and O–H groups in total. The van der Waals surface area contributed by atoms with Gasteiger partial charge in [0.25, 0.3) is 0 Å². The van der Waals surface area contributed by atoms with Crippen molar-refractivity contribution in [1.29, 1.82) is 0 Å². The predicted octanol–water partition coefficient (Wildman–Crippen LogP) is 2.41. The third-order valence-electron chi connectivity index (χ3n) is 3.95. The molecule has 0 fully saturated rings. The molecular formula is C15H16N6. The van der Waals surface area contributed by atoms with Crippen molar-refractivity contribution < 1.29 is 0 Å². The number of hydrogen-bond donors (Lipinski definition) is 1. The summed E-state index contributed by atoms with van der Waals surface area (Å²) in [7, 11) is 3.94. The summed E-state index contributed by atoms with van der Waals surface area (Å²) in [5, 5.41) is 9.90. The number of rotatable bonds is 2. The van der Waals surface area contributed by atoms with E-state index >= 15 is 0 Å². The van der Waals surface area contributed by atoms with E-state index in [2.05, 4.69) is 27.1 Å². The normalized spacial score (nSPS) is 11.8. The summed E-state index contributed by atoms with van der Waals surface area (Å²) >= 11 is 0. The van der Waals surface area contributed by atoms with Crippen LogP contribution in [0.1, 0.15) is 12.5 Å². The van der Waals surface area contributed by atoms with Crippen molar-refractivity contribution in [2.45, 2.75) is 13.3 Å². The highest BCUT2D eigenvalue weighted by molar-refractivity contribution is 6.08. The SMILES string of the molecule is CCc1cnc2ncc3c(-c4cnn(C)c4)[nH]n(C)c3c12. The minimum absolute atomic E-state index is 0.812. The molecule has 0 aliphatic heterocycles. The van der Waals surface area contributed by atoms with Crippen LogP contribution in [0, 0.1) is 0 Å². The van der Waals surface area contributed by atoms with Crippen molar-refractivity contribution >= 4 is 21.9 Å². The standard InChI is InChI=1S/C15H16N6/c1-4-9-5-16-15-12(9)14-11(7-17-15)13(19-21(14)3)10-6-18-20(2)8-10/h5-8,19H,4H2,1-3H3. The Labute approximate surface area is 121 Å². The Morgan fingerprint density at radius 2 is 1.95 bits per heavy atom. The van der Waals surface area contributed by atoms with Gasteiger partial charge in [0.1, 0.15) is 0 Å². The monoisotopic (exact) mass is 280 g/mol. The smallest absolute Gasteiger partial charge is 0.161 e. The molecule has 21 heavy (non-hydrogen) atoms. The Hall–Kier alpha value is -2.63. The van der Waals surface area contributed by atoms with Crippen LogP contribution in [0.2, 0.25) is 0 Å². The number of nitrogens with one attached hydrogen (secondary N) is 1. The second-order valence-electron chi connectivity index (χ2n) is 5.30. The number of aromatic nitrogens is 6. The average Bonchev–Trinajstić information content (AvgIpc) is 3.15. The van der Waals surface area contributed by atoms with Gasteiger partial charge in [0, 0.05) is 49.0 Å². The van der Waals surface area contributed by atoms with Crippen molar-refractivity contribution in [1.82, 2.24) is 29.5 Å². The lowest BCUT2D eigenvalue weighted by atomic mass is 10.1. The fourth-order valence-corrected chi connectivity index (χ4v) is 2.94. The Morgan fingerprint density at radius 1 is 1.14 bits per heavy atom. The van der Waals surface area contributed by atoms with Crippen molar-refractivity contribution in [3.05, 3.63) is 30.4 Å². The highest BCUT2D eigenvalue weighted by Gasteiger charge is 2.16. The molecule has 4 aromatic rings. The van der Waals surface area contributed by atoms with Crippen LogP contribution in [0.3, 0.4) is 0 Å². The average molecular weight is 280 g/mol. The molecule has 0 aromatic carbocycles. The van der Waals surface area contributed by atoms with Gasteiger partial charge in [-0.05, 0) is 12.0 Å². The van der Waals surface area contributed by atoms with Gasteiger partial charge >= 0.3 is 0 Å². The van der Waals surface area contributed by atoms with Crippen LogP contribution in [0.4, 0.5) is 0 Å². The fourth-order valence-electron chi connectivity index (χ4n) is 2.94. The molecule has 0 saturated carbocycles. The van der Waals surface area contributed by atoms with Gasteiger partial charge in [-0.2, -0.15) is 5.10 Å². The first-order chi connectivity index (χ1) is 10.2. The molecular weight excluding hydrogens is 264 g/mol. The number of aryl methyl sites for hydroxylation is 3. The topological polar surface area (TPSA) is 64.3 Å². The summed E-state index contributed by atoms with van der Waals surface area (Å²) in [6, 6.07) is 0. The van der Waals surface area contributed by atoms with E-state index in [1.165, 1.54) is 5.56 Å². The number of pyridine rings is 1. The molecule has 0 unspecified atom stereocenters. The molecule has 0 aliphatic carbocycles. The number of nitrogens with zero attached hydrogens (tertiary/aromatic N) is 5. The highest BCUT2D eigenvalue weighted by atomic mass is 15.3. The van der Waals surface area contributed by atoms with Gasteiger partial charge in [0.2, 0.25) is 0 Å². The largest absolute Gasteiger partial charge is 0.297 e. The van der Waals surface area contributed by atoms with Crippen LogP contribution in [-0.2, 0) is 20.5 Å². The highest BCUT2D eigenvalue weighted by Crippen LogP contribution is 2.32. The van der Waals surface area contributed by atoms with Crippen LogP contribution >= 0.6 is 0 Å². The van der Waals surface area contributed by atoms with E-state index in [9.17, 15) is 0 Å². The summed E-state index contributed by atoms with van der Waals surface area (Å²) < 4.78 is 3.85. The maximum absolute atomic E-state index is 4.51. The first-order valence-electron chi connectivity index (χ1n) is 6.99. The molecule has 0 saturated heterocycles. The van der Waals surface area contributed by atoms with Gasteiger partial charge in [-0.1, -0.05) is 6.92 Å². The zero-order valence-electron chi connectivity index (χ0n) is 12.3. The Kier molecular flexibility index (Phi) is 2.42. The molecule has 0 bridgehead atoms. The zero-order chi connectivity index (χ0) is 14.6. The molecule has 0 amide bonds. The van der Waals surface area contributed by atoms with E-state index in [4.69, 9.17) is 0 Å². The van der Waals surface area contributed by atoms with E-state index < -0.39 is 0 Å². The number of H-pyrrole nitrogens is 1. The molecule has 4 aromatic heterocycles. The van der Waals surface area contributed by atoms with Gasteiger partial charge in [0.05, 0.1) is 17.4 Å². The van der Waals surface area contributed by atoms with Gasteiger partial charge < -0.3 is 0 Å². The Balaban J connectivity index is 2.12. The Morgan fingerprint density at radius 3 is 2.67 bits per heavy atom. The van der Waals surface area contributed by atoms with Crippen molar-refractivity contribution in [2.24, 2.45) is 14.1 Å². The van der Waals surface area contributed by atoms with Crippen LogP contribution in [0.25, 0.3) is 33.2 Å². The fraction of sp³-hybridized carbons (Fsp3) is 0.267. The van der Waals surface area contributed by atoms with Crippen LogP contribution in [-0.4, -0.2) is 29.5 Å². The number of fused-ring (bicyclic) bond motifs is 3. The van der Waals surface area contributed by atoms with E-state index in [1.54, 1.807) is 4.68 Å². The molecule has 6 heteroatoms. The number of hydrogen-bond acceptors (Lipinski definition) is 3. The molecule has 4 rings (SSSR count). The van der Waals surface area contributed by atoms with E-state index in [-0.39, 0.29) is 0 Å². The van der Waals surface area contributed by atoms with Gasteiger partial charge in [-0.3, -0.25) is 14.5 Å². The zero-order valence-corrected chi connectivity index (χ0v) is 12.3. The van der Waals surface area contributed by atoms with Gasteiger partial charge in [0.15, 0.2) is 5.65 Å². The maximum Gasteiger partial charge on any atom is 0.161 e. The molecule has 106 valence electrons. The van der Waals surface area contributed by atoms with Crippen molar-refractivity contribution in [3.8, 4) is 11.3 Å². The third-order valence-corrected chi connectivity index (χ3v) is 3.95. The molecule has 0 atom stereocenters. The van der Waals surface area contributed by atoms with Crippen molar-refractivity contribution in [3.63, 3.8) is 0 Å². The first kappa shape index (κ1) is 12.1. The minimum atomic E-state index is 0.812. The lowest BCUT2D eigenvalue weighted by Crippen LogP contribution is -1.91. The second kappa shape index (κ2) is 4.18. The summed E-state index contributed by atoms with van der Waals surface area (Å²) in [5.74, 6) is 0. The summed E-state index contributed by atoms with van der Waals surface area (Å²) in [5.41, 5.74) is 5.29. The van der Waals surface area contributed by atoms with Gasteiger partial charge in [-0.25, -0.2) is 9.97 Å². The number of aromatic amines is 1. The van der Waals surface area contributed by atoms with E-state index in [0.717, 1.165) is 39.6 Å². The van der Waals surface area contributed by atoms with Crippen molar-refractivity contribution in [2.75, 3.05) is 0 Å². The third kappa shape index (κ3) is 1.62. The summed E-state index contributed by atoms with van der Waals surface area (Å²) in [6.07, 6.45) is 8.63. The predicted molar refractivity (Wildman–Crippen MR) is 81.9 cm³/mol. The lowest BCUT2D eigenvalue weighted by molar-refractivity contribution is 0.767. The minimum Gasteiger partial charge on any atom is -0.297 e. The maximum atomic E-state index is 4.51. The van der Waals surface area contributed by atoms with E-state index in [0.29, 0.717) is 0 Å². The summed E-state index contributed by atoms with van der Waals surface area (Å²) in [4.78, 5) is 8.92. The Bertz CT molecular complexity index is 955. The van der Waals surface area contributed by atoms with Gasteiger partial charge in [-0.15, -0.1) is 0 Å².